The van der Waals surface area contributed by atoms with Crippen molar-refractivity contribution in [3.63, 3.8) is 0 Å². The van der Waals surface area contributed by atoms with Crippen LogP contribution in [-0.2, 0) is 10.0 Å². The zero-order valence-corrected chi connectivity index (χ0v) is 24.7. The Morgan fingerprint density at radius 2 is 1.83 bits per heavy atom. The fourth-order valence-corrected chi connectivity index (χ4v) is 7.68. The number of hydrazone groups is 1. The van der Waals surface area contributed by atoms with Gasteiger partial charge in [0, 0.05) is 24.7 Å². The number of rotatable bonds is 9. The van der Waals surface area contributed by atoms with Crippen LogP contribution >= 0.6 is 22.7 Å². The van der Waals surface area contributed by atoms with Crippen molar-refractivity contribution in [1.82, 2.24) is 9.29 Å². The summed E-state index contributed by atoms with van der Waals surface area (Å²) in [6.45, 7) is 0. The van der Waals surface area contributed by atoms with Crippen molar-refractivity contribution in [2.24, 2.45) is 5.10 Å². The largest absolute Gasteiger partial charge is 0.497 e. The maximum absolute atomic E-state index is 13.7. The van der Waals surface area contributed by atoms with E-state index in [1.54, 1.807) is 38.4 Å². The highest BCUT2D eigenvalue weighted by Gasteiger charge is 2.29. The summed E-state index contributed by atoms with van der Waals surface area (Å²) in [6.07, 6.45) is 6.16. The van der Waals surface area contributed by atoms with Crippen LogP contribution in [0, 0.1) is 10.1 Å². The van der Waals surface area contributed by atoms with Crippen LogP contribution < -0.4 is 9.75 Å². The summed E-state index contributed by atoms with van der Waals surface area (Å²) in [4.78, 5) is 29.5. The first-order chi connectivity index (χ1) is 19.7. The highest BCUT2D eigenvalue weighted by molar-refractivity contribution is 7.89. The van der Waals surface area contributed by atoms with Crippen molar-refractivity contribution >= 4 is 65.2 Å². The van der Waals surface area contributed by atoms with Gasteiger partial charge in [-0.15, -0.1) is 0 Å². The predicted octanol–water partition coefficient (Wildman–Crippen LogP) is 5.91. The Kier molecular flexibility index (Phi) is 8.45. The average molecular weight is 614 g/mol. The quantitative estimate of drug-likeness (QED) is 0.130. The van der Waals surface area contributed by atoms with Gasteiger partial charge in [-0.2, -0.15) is 14.4 Å². The van der Waals surface area contributed by atoms with Crippen molar-refractivity contribution in [2.75, 3.05) is 19.2 Å². The number of carbonyl (C=O) groups excluding carboxylic acids is 1. The molecular formula is C27H27N5O6S3. The molecule has 1 fully saturated rings. The lowest BCUT2D eigenvalue weighted by molar-refractivity contribution is -0.380. The molecule has 2 aromatic carbocycles. The van der Waals surface area contributed by atoms with E-state index < -0.39 is 20.9 Å². The lowest BCUT2D eigenvalue weighted by Gasteiger charge is -2.30. The Labute approximate surface area is 244 Å². The molecule has 2 aromatic heterocycles. The van der Waals surface area contributed by atoms with E-state index in [0.29, 0.717) is 16.1 Å². The Balaban J connectivity index is 1.46. The molecule has 41 heavy (non-hydrogen) atoms. The molecule has 0 saturated heterocycles. The normalized spacial score (nSPS) is 14.6. The van der Waals surface area contributed by atoms with Crippen molar-refractivity contribution in [2.45, 2.75) is 43.0 Å². The van der Waals surface area contributed by atoms with Gasteiger partial charge in [-0.1, -0.05) is 41.9 Å². The van der Waals surface area contributed by atoms with E-state index in [-0.39, 0.29) is 26.6 Å². The third kappa shape index (κ3) is 6.15. The molecule has 1 saturated carbocycles. The highest BCUT2D eigenvalue weighted by Crippen LogP contribution is 2.33. The molecule has 0 aliphatic heterocycles. The lowest BCUT2D eigenvalue weighted by Crippen LogP contribution is -2.38. The van der Waals surface area contributed by atoms with Crippen LogP contribution in [0.2, 0.25) is 0 Å². The van der Waals surface area contributed by atoms with Crippen LogP contribution in [0.4, 0.5) is 10.1 Å². The average Bonchev–Trinajstić information content (AvgIpc) is 3.64. The monoisotopic (exact) mass is 613 g/mol. The number of hydrogen-bond acceptors (Lipinski definition) is 10. The highest BCUT2D eigenvalue weighted by atomic mass is 32.2. The van der Waals surface area contributed by atoms with Crippen molar-refractivity contribution < 1.29 is 22.9 Å². The van der Waals surface area contributed by atoms with Gasteiger partial charge < -0.3 is 4.74 Å². The number of thiophene rings is 1. The molecule has 2 heterocycles. The molecule has 11 nitrogen and oxygen atoms in total. The lowest BCUT2D eigenvalue weighted by atomic mass is 9.96. The van der Waals surface area contributed by atoms with E-state index in [2.05, 4.69) is 10.1 Å². The molecule has 0 N–H and O–H groups in total. The maximum atomic E-state index is 13.7. The van der Waals surface area contributed by atoms with Crippen molar-refractivity contribution in [3.8, 4) is 5.75 Å². The van der Waals surface area contributed by atoms with Gasteiger partial charge in [0.15, 0.2) is 0 Å². The summed E-state index contributed by atoms with van der Waals surface area (Å²) in [7, 11) is -0.561. The van der Waals surface area contributed by atoms with Crippen LogP contribution in [0.25, 0.3) is 10.2 Å². The standard InChI is InChI=1S/C27H27N5O6S3/c1-30(19-6-4-3-5-7-19)41(36,37)22-12-8-18(9-13-22)26(33)31(28-17-21-11-15-25(39-21)32(34)35)27-29-23-14-10-20(38-2)16-24(23)40-27/h8-17,19H,3-7H2,1-2H3/b28-17+. The van der Waals surface area contributed by atoms with Crippen LogP contribution in [-0.4, -0.2) is 55.0 Å². The first kappa shape index (κ1) is 28.8. The first-order valence-electron chi connectivity index (χ1n) is 12.8. The smallest absolute Gasteiger partial charge is 0.324 e. The fourth-order valence-electron chi connectivity index (χ4n) is 4.62. The predicted molar refractivity (Wildman–Crippen MR) is 160 cm³/mol. The Morgan fingerprint density at radius 3 is 2.49 bits per heavy atom. The van der Waals surface area contributed by atoms with Gasteiger partial charge in [0.2, 0.25) is 15.2 Å². The molecule has 1 amide bonds. The zero-order chi connectivity index (χ0) is 29.1. The topological polar surface area (TPSA) is 135 Å². The number of nitrogens with zero attached hydrogens (tertiary/aromatic N) is 5. The molecule has 0 bridgehead atoms. The molecule has 5 rings (SSSR count). The van der Waals surface area contributed by atoms with Gasteiger partial charge in [-0.25, -0.2) is 13.4 Å². The van der Waals surface area contributed by atoms with Gasteiger partial charge in [0.25, 0.3) is 5.91 Å². The summed E-state index contributed by atoms with van der Waals surface area (Å²) in [6, 6.07) is 14.0. The number of nitro groups is 1. The van der Waals surface area contributed by atoms with Crippen molar-refractivity contribution in [1.29, 1.82) is 0 Å². The van der Waals surface area contributed by atoms with Gasteiger partial charge in [0.1, 0.15) is 5.75 Å². The minimum atomic E-state index is -3.73. The summed E-state index contributed by atoms with van der Waals surface area (Å²) >= 11 is 2.15. The second kappa shape index (κ2) is 12.0. The number of anilines is 1. The molecule has 14 heteroatoms. The minimum Gasteiger partial charge on any atom is -0.497 e. The number of methoxy groups -OCH3 is 1. The van der Waals surface area contributed by atoms with Gasteiger partial charge in [0.05, 0.1) is 38.2 Å². The first-order valence-corrected chi connectivity index (χ1v) is 15.9. The van der Waals surface area contributed by atoms with E-state index in [1.807, 2.05) is 0 Å². The fraction of sp³-hybridized carbons (Fsp3) is 0.296. The van der Waals surface area contributed by atoms with Crippen LogP contribution in [0.1, 0.15) is 47.3 Å². The molecule has 0 unspecified atom stereocenters. The van der Waals surface area contributed by atoms with E-state index in [1.165, 1.54) is 52.2 Å². The summed E-state index contributed by atoms with van der Waals surface area (Å²) < 4.78 is 34.0. The third-order valence-electron chi connectivity index (χ3n) is 6.92. The second-order valence-corrected chi connectivity index (χ2v) is 13.6. The number of amides is 1. The number of fused-ring (bicyclic) bond motifs is 1. The number of aromatic nitrogens is 1. The summed E-state index contributed by atoms with van der Waals surface area (Å²) in [5.41, 5.74) is 0.841. The van der Waals surface area contributed by atoms with Gasteiger partial charge in [-0.3, -0.25) is 14.9 Å². The van der Waals surface area contributed by atoms with E-state index in [4.69, 9.17) is 4.74 Å². The number of benzene rings is 2. The van der Waals surface area contributed by atoms with Gasteiger partial charge in [-0.05, 0) is 61.4 Å². The van der Waals surface area contributed by atoms with Crippen LogP contribution in [0.5, 0.6) is 5.75 Å². The number of hydrogen-bond donors (Lipinski definition) is 0. The van der Waals surface area contributed by atoms with E-state index >= 15 is 0 Å². The number of ether oxygens (including phenoxy) is 1. The maximum Gasteiger partial charge on any atom is 0.324 e. The zero-order valence-electron chi connectivity index (χ0n) is 22.3. The molecule has 1 aliphatic carbocycles. The van der Waals surface area contributed by atoms with E-state index in [9.17, 15) is 23.3 Å². The summed E-state index contributed by atoms with van der Waals surface area (Å²) in [5, 5.41) is 16.8. The minimum absolute atomic E-state index is 0.0365. The molecule has 4 aromatic rings. The summed E-state index contributed by atoms with van der Waals surface area (Å²) in [5.74, 6) is 0.0953. The SMILES string of the molecule is COc1ccc2nc(N(/N=C/c3ccc([N+](=O)[O-])s3)C(=O)c3ccc(S(=O)(=O)N(C)C4CCCCC4)cc3)sc2c1. The van der Waals surface area contributed by atoms with E-state index in [0.717, 1.165) is 53.1 Å². The third-order valence-corrected chi connectivity index (χ3v) is 10.8. The van der Waals surface area contributed by atoms with Gasteiger partial charge >= 0.3 is 5.00 Å². The number of sulfonamides is 1. The second-order valence-electron chi connectivity index (χ2n) is 9.46. The molecule has 1 aliphatic rings. The molecule has 214 valence electrons. The molecule has 0 spiro atoms. The number of thiazole rings is 1. The Bertz CT molecular complexity index is 1710. The van der Waals surface area contributed by atoms with Crippen molar-refractivity contribution in [3.05, 3.63) is 75.2 Å². The Morgan fingerprint density at radius 1 is 1.10 bits per heavy atom. The molecule has 0 atom stereocenters. The molecule has 0 radical (unpaired) electrons. The Hall–Kier alpha value is -3.72. The van der Waals surface area contributed by atoms with Crippen LogP contribution in [0.15, 0.2) is 64.6 Å². The van der Waals surface area contributed by atoms with Crippen LogP contribution in [0.3, 0.4) is 0 Å². The molecular weight excluding hydrogens is 587 g/mol. The number of carbonyl (C=O) groups is 1.